The van der Waals surface area contributed by atoms with Gasteiger partial charge in [-0.15, -0.1) is 0 Å². The summed E-state index contributed by atoms with van der Waals surface area (Å²) in [5.74, 6) is 1.36. The Morgan fingerprint density at radius 1 is 0.717 bits per heavy atom. The van der Waals surface area contributed by atoms with Gasteiger partial charge in [-0.25, -0.2) is 9.98 Å². The van der Waals surface area contributed by atoms with Crippen LogP contribution >= 0.6 is 0 Å². The SMILES string of the molecule is C=C(N=C(N=C(C)c1cccc(-c2cccc3c2C2(CCC(CC)CC2=C)c2ccccc2-3)c1)c1ccccc1)c1ccccc1. The Kier molecular flexibility index (Phi) is 7.96. The zero-order chi connectivity index (χ0) is 31.7. The maximum atomic E-state index is 5.13. The standard InChI is InChI=1S/C44H40N2/c1-5-33-26-27-44(30(2)28-33)41-25-13-12-22-39(41)40-24-15-23-38(42(40)44)37-21-14-20-36(29-37)32(4)46-43(35-18-10-7-11-19-35)45-31(3)34-16-8-6-9-17-34/h6-25,29,33H,2-3,5,26-28H2,1,4H3. The van der Waals surface area contributed by atoms with Crippen molar-refractivity contribution in [2.24, 2.45) is 15.9 Å². The lowest BCUT2D eigenvalue weighted by molar-refractivity contribution is 0.339. The molecule has 5 aromatic carbocycles. The fourth-order valence-electron chi connectivity index (χ4n) is 7.60. The van der Waals surface area contributed by atoms with Gasteiger partial charge in [-0.3, -0.25) is 0 Å². The molecule has 1 fully saturated rings. The molecule has 7 rings (SSSR count). The summed E-state index contributed by atoms with van der Waals surface area (Å²) in [5, 5.41) is 0. The van der Waals surface area contributed by atoms with Gasteiger partial charge in [0.1, 0.15) is 0 Å². The zero-order valence-corrected chi connectivity index (χ0v) is 26.8. The van der Waals surface area contributed by atoms with E-state index in [4.69, 9.17) is 16.6 Å². The van der Waals surface area contributed by atoms with Crippen molar-refractivity contribution >= 4 is 17.2 Å². The smallest absolute Gasteiger partial charge is 0.160 e. The number of hydrogen-bond acceptors (Lipinski definition) is 1. The van der Waals surface area contributed by atoms with Gasteiger partial charge in [0.25, 0.3) is 0 Å². The summed E-state index contributed by atoms with van der Waals surface area (Å²) in [5.41, 5.74) is 13.8. The summed E-state index contributed by atoms with van der Waals surface area (Å²) in [6.07, 6.45) is 4.62. The first-order valence-corrected chi connectivity index (χ1v) is 16.5. The first kappa shape index (κ1) is 29.6. The fraction of sp³-hybridized carbons (Fsp3) is 0.182. The van der Waals surface area contributed by atoms with Crippen LogP contribution in [0, 0.1) is 5.92 Å². The van der Waals surface area contributed by atoms with Crippen molar-refractivity contribution < 1.29 is 0 Å². The molecule has 2 atom stereocenters. The van der Waals surface area contributed by atoms with Gasteiger partial charge >= 0.3 is 0 Å². The van der Waals surface area contributed by atoms with E-state index in [2.05, 4.69) is 99.3 Å². The fourth-order valence-corrected chi connectivity index (χ4v) is 7.60. The molecule has 226 valence electrons. The van der Waals surface area contributed by atoms with Crippen molar-refractivity contribution in [3.8, 4) is 22.3 Å². The molecule has 0 aliphatic heterocycles. The van der Waals surface area contributed by atoms with Crippen LogP contribution in [0.15, 0.2) is 156 Å². The minimum absolute atomic E-state index is 0.154. The number of hydrogen-bond donors (Lipinski definition) is 0. The van der Waals surface area contributed by atoms with E-state index in [9.17, 15) is 0 Å². The van der Waals surface area contributed by atoms with Crippen molar-refractivity contribution in [1.29, 1.82) is 0 Å². The van der Waals surface area contributed by atoms with Gasteiger partial charge in [0.05, 0.1) is 5.70 Å². The Hall–Kier alpha value is -5.08. The van der Waals surface area contributed by atoms with Gasteiger partial charge in [-0.2, -0.15) is 0 Å². The molecular formula is C44H40N2. The predicted molar refractivity (Wildman–Crippen MR) is 196 cm³/mol. The van der Waals surface area contributed by atoms with Crippen LogP contribution in [0.2, 0.25) is 0 Å². The molecule has 46 heavy (non-hydrogen) atoms. The lowest BCUT2D eigenvalue weighted by Crippen LogP contribution is -2.33. The maximum Gasteiger partial charge on any atom is 0.160 e. The molecule has 0 heterocycles. The highest BCUT2D eigenvalue weighted by molar-refractivity contribution is 6.13. The summed E-state index contributed by atoms with van der Waals surface area (Å²) in [6, 6.07) is 44.9. The van der Waals surface area contributed by atoms with Gasteiger partial charge in [0.2, 0.25) is 0 Å². The van der Waals surface area contributed by atoms with Gasteiger partial charge < -0.3 is 0 Å². The highest BCUT2D eigenvalue weighted by Gasteiger charge is 2.48. The van der Waals surface area contributed by atoms with Gasteiger partial charge in [-0.05, 0) is 82.7 Å². The molecule has 1 saturated carbocycles. The minimum atomic E-state index is -0.154. The van der Waals surface area contributed by atoms with E-state index in [1.165, 1.54) is 51.8 Å². The summed E-state index contributed by atoms with van der Waals surface area (Å²) in [4.78, 5) is 10.1. The Morgan fingerprint density at radius 3 is 2.09 bits per heavy atom. The van der Waals surface area contributed by atoms with E-state index < -0.39 is 0 Å². The average molecular weight is 597 g/mol. The van der Waals surface area contributed by atoms with Crippen LogP contribution in [0.4, 0.5) is 0 Å². The molecule has 5 aromatic rings. The average Bonchev–Trinajstić information content (AvgIpc) is 3.40. The molecule has 0 aromatic heterocycles. The molecule has 2 nitrogen and oxygen atoms in total. The number of amidine groups is 1. The highest BCUT2D eigenvalue weighted by Crippen LogP contribution is 2.60. The van der Waals surface area contributed by atoms with E-state index in [1.54, 1.807) is 0 Å². The lowest BCUT2D eigenvalue weighted by atomic mass is 9.61. The lowest BCUT2D eigenvalue weighted by Gasteiger charge is -2.42. The van der Waals surface area contributed by atoms with Crippen molar-refractivity contribution in [3.05, 3.63) is 174 Å². The quantitative estimate of drug-likeness (QED) is 0.106. The van der Waals surface area contributed by atoms with E-state index in [-0.39, 0.29) is 5.41 Å². The summed E-state index contributed by atoms with van der Waals surface area (Å²) in [7, 11) is 0. The summed E-state index contributed by atoms with van der Waals surface area (Å²) in [6.45, 7) is 13.5. The van der Waals surface area contributed by atoms with E-state index in [1.807, 2.05) is 48.5 Å². The number of fused-ring (bicyclic) bond motifs is 5. The number of benzene rings is 5. The first-order chi connectivity index (χ1) is 22.5. The largest absolute Gasteiger partial charge is 0.233 e. The third-order valence-corrected chi connectivity index (χ3v) is 10.1. The molecule has 0 radical (unpaired) electrons. The Balaban J connectivity index is 1.32. The number of nitrogens with zero attached hydrogens (tertiary/aromatic N) is 2. The molecule has 0 bridgehead atoms. The van der Waals surface area contributed by atoms with Crippen molar-refractivity contribution in [2.45, 2.75) is 44.9 Å². The predicted octanol–water partition coefficient (Wildman–Crippen LogP) is 11.3. The molecule has 2 heteroatoms. The Bertz CT molecular complexity index is 2000. The molecule has 2 aliphatic carbocycles. The van der Waals surface area contributed by atoms with E-state index >= 15 is 0 Å². The number of allylic oxidation sites excluding steroid dienone is 1. The van der Waals surface area contributed by atoms with Crippen molar-refractivity contribution in [1.82, 2.24) is 0 Å². The molecule has 1 spiro atoms. The van der Waals surface area contributed by atoms with E-state index in [0.29, 0.717) is 17.5 Å². The number of rotatable bonds is 6. The van der Waals surface area contributed by atoms with Crippen LogP contribution < -0.4 is 0 Å². The van der Waals surface area contributed by atoms with Crippen LogP contribution in [0.25, 0.3) is 28.0 Å². The van der Waals surface area contributed by atoms with Crippen LogP contribution in [0.5, 0.6) is 0 Å². The van der Waals surface area contributed by atoms with Crippen molar-refractivity contribution in [2.75, 3.05) is 0 Å². The second-order valence-corrected chi connectivity index (χ2v) is 12.7. The van der Waals surface area contributed by atoms with Gasteiger partial charge in [0.15, 0.2) is 5.84 Å². The highest BCUT2D eigenvalue weighted by atomic mass is 14.9. The van der Waals surface area contributed by atoms with Gasteiger partial charge in [0, 0.05) is 16.7 Å². The monoisotopic (exact) mass is 596 g/mol. The molecule has 2 aliphatic rings. The van der Waals surface area contributed by atoms with Crippen LogP contribution in [0.3, 0.4) is 0 Å². The molecule has 0 N–H and O–H groups in total. The Labute approximate surface area is 273 Å². The first-order valence-electron chi connectivity index (χ1n) is 16.5. The maximum absolute atomic E-state index is 5.13. The molecule has 0 amide bonds. The minimum Gasteiger partial charge on any atom is -0.233 e. The van der Waals surface area contributed by atoms with Crippen molar-refractivity contribution in [3.63, 3.8) is 0 Å². The normalized spacial score (nSPS) is 19.2. The Morgan fingerprint density at radius 2 is 1.35 bits per heavy atom. The summed E-state index contributed by atoms with van der Waals surface area (Å²) < 4.78 is 0. The molecular weight excluding hydrogens is 556 g/mol. The van der Waals surface area contributed by atoms with E-state index in [0.717, 1.165) is 35.2 Å². The second kappa shape index (κ2) is 12.4. The van der Waals surface area contributed by atoms with Crippen LogP contribution in [-0.2, 0) is 5.41 Å². The number of aliphatic imine (C=N–C) groups is 2. The van der Waals surface area contributed by atoms with Gasteiger partial charge in [-0.1, -0.05) is 153 Å². The summed E-state index contributed by atoms with van der Waals surface area (Å²) >= 11 is 0. The third-order valence-electron chi connectivity index (χ3n) is 10.1. The third kappa shape index (κ3) is 5.18. The molecule has 2 unspecified atom stereocenters. The topological polar surface area (TPSA) is 24.7 Å². The van der Waals surface area contributed by atoms with Crippen LogP contribution in [0.1, 0.15) is 67.3 Å². The second-order valence-electron chi connectivity index (χ2n) is 12.7. The van der Waals surface area contributed by atoms with Crippen LogP contribution in [-0.4, -0.2) is 11.5 Å². The molecule has 0 saturated heterocycles. The zero-order valence-electron chi connectivity index (χ0n) is 26.8.